The molecule has 3 aliphatic heterocycles. The Balaban J connectivity index is 1.05. The van der Waals surface area contributed by atoms with E-state index < -0.39 is 74.1 Å². The summed E-state index contributed by atoms with van der Waals surface area (Å²) in [7, 11) is 0. The first-order valence-electron chi connectivity index (χ1n) is 20.8. The van der Waals surface area contributed by atoms with Gasteiger partial charge in [0.2, 0.25) is 0 Å². The van der Waals surface area contributed by atoms with Gasteiger partial charge in [-0.05, 0) is 112 Å². The molecule has 7 rings (SSSR count). The number of carbonyl (C=O) groups excluding carboxylic acids is 1. The number of allylic oxidation sites excluding steroid dienone is 2. The van der Waals surface area contributed by atoms with Gasteiger partial charge in [0, 0.05) is 24.4 Å². The summed E-state index contributed by atoms with van der Waals surface area (Å²) in [6, 6.07) is 0. The second-order valence-electron chi connectivity index (χ2n) is 18.6. The second-order valence-corrected chi connectivity index (χ2v) is 18.6. The summed E-state index contributed by atoms with van der Waals surface area (Å²) in [4.78, 5) is 14.1. The highest BCUT2D eigenvalue weighted by molar-refractivity contribution is 5.94. The molecule has 7 N–H and O–H groups in total. The highest BCUT2D eigenvalue weighted by atomic mass is 16.8. The van der Waals surface area contributed by atoms with Crippen LogP contribution in [0.15, 0.2) is 11.6 Å². The first-order chi connectivity index (χ1) is 25.6. The number of hydrogen-bond acceptors (Lipinski definition) is 13. The van der Waals surface area contributed by atoms with Crippen LogP contribution in [0.3, 0.4) is 0 Å². The number of rotatable bonds is 9. The van der Waals surface area contributed by atoms with Gasteiger partial charge < -0.3 is 59.4 Å². The number of fused-ring (bicyclic) bond motifs is 5. The van der Waals surface area contributed by atoms with Crippen LogP contribution in [-0.4, -0.2) is 129 Å². The van der Waals surface area contributed by atoms with Crippen LogP contribution in [-0.2, 0) is 28.5 Å². The van der Waals surface area contributed by atoms with E-state index in [4.69, 9.17) is 23.7 Å². The third-order valence-electron chi connectivity index (χ3n) is 15.7. The van der Waals surface area contributed by atoms with Gasteiger partial charge in [-0.2, -0.15) is 0 Å². The van der Waals surface area contributed by atoms with E-state index in [-0.39, 0.29) is 70.9 Å². The fraction of sp³-hybridized carbons (Fsp3) is 0.927. The zero-order valence-electron chi connectivity index (χ0n) is 32.6. The number of ketones is 1. The van der Waals surface area contributed by atoms with Gasteiger partial charge in [0.15, 0.2) is 24.7 Å². The Morgan fingerprint density at radius 3 is 2.17 bits per heavy atom. The van der Waals surface area contributed by atoms with Crippen molar-refractivity contribution in [2.75, 3.05) is 13.2 Å². The van der Waals surface area contributed by atoms with Crippen molar-refractivity contribution in [3.8, 4) is 0 Å². The first kappa shape index (κ1) is 41.1. The molecule has 0 bridgehead atoms. The lowest BCUT2D eigenvalue weighted by Gasteiger charge is -2.57. The molecule has 21 atom stereocenters. The molecule has 4 aliphatic carbocycles. The quantitative estimate of drug-likeness (QED) is 0.180. The van der Waals surface area contributed by atoms with Crippen molar-refractivity contribution >= 4 is 5.78 Å². The lowest BCUT2D eigenvalue weighted by molar-refractivity contribution is -0.347. The summed E-state index contributed by atoms with van der Waals surface area (Å²) < 4.78 is 30.8. The van der Waals surface area contributed by atoms with Crippen LogP contribution >= 0.6 is 0 Å². The van der Waals surface area contributed by atoms with Crippen molar-refractivity contribution in [2.24, 2.45) is 52.3 Å². The van der Waals surface area contributed by atoms with Crippen molar-refractivity contribution < 1.29 is 64.2 Å². The number of aliphatic hydroxyl groups excluding tert-OH is 7. The van der Waals surface area contributed by atoms with E-state index in [9.17, 15) is 40.5 Å². The number of aliphatic hydroxyl groups is 7. The van der Waals surface area contributed by atoms with E-state index in [0.717, 1.165) is 44.9 Å². The van der Waals surface area contributed by atoms with Crippen molar-refractivity contribution in [1.29, 1.82) is 0 Å². The first-order valence-corrected chi connectivity index (χ1v) is 20.8. The fourth-order valence-electron chi connectivity index (χ4n) is 12.3. The predicted octanol–water partition coefficient (Wildman–Crippen LogP) is 2.19. The van der Waals surface area contributed by atoms with Gasteiger partial charge in [0.1, 0.15) is 30.5 Å². The van der Waals surface area contributed by atoms with Gasteiger partial charge in [-0.3, -0.25) is 4.79 Å². The minimum Gasteiger partial charge on any atom is -0.396 e. The highest BCUT2D eigenvalue weighted by Crippen LogP contribution is 2.67. The van der Waals surface area contributed by atoms with Crippen molar-refractivity contribution in [2.45, 2.75) is 173 Å². The zero-order valence-corrected chi connectivity index (χ0v) is 32.6. The molecule has 3 saturated carbocycles. The maximum Gasteiger partial charge on any atom is 0.187 e. The Bertz CT molecular complexity index is 1360. The molecule has 6 fully saturated rings. The van der Waals surface area contributed by atoms with Crippen molar-refractivity contribution in [3.63, 3.8) is 0 Å². The van der Waals surface area contributed by atoms with E-state index in [1.165, 1.54) is 5.57 Å². The second kappa shape index (κ2) is 15.9. The Morgan fingerprint density at radius 2 is 1.44 bits per heavy atom. The van der Waals surface area contributed by atoms with E-state index in [2.05, 4.69) is 20.8 Å². The minimum atomic E-state index is -1.52. The number of hydrogen-bond donors (Lipinski definition) is 7. The molecule has 0 aromatic heterocycles. The van der Waals surface area contributed by atoms with Crippen LogP contribution in [0.2, 0.25) is 0 Å². The van der Waals surface area contributed by atoms with E-state index in [1.54, 1.807) is 13.8 Å². The van der Waals surface area contributed by atoms with Gasteiger partial charge in [-0.15, -0.1) is 0 Å². The van der Waals surface area contributed by atoms with E-state index in [1.807, 2.05) is 6.08 Å². The Hall–Kier alpha value is -1.07. The average molecular weight is 767 g/mol. The summed E-state index contributed by atoms with van der Waals surface area (Å²) >= 11 is 0. The standard InChI is InChI=1S/C41H66O13/c1-19-6-9-30(52-37(19)54-38-33(46)20(2)32(45)21(3)50-38)23(12-15-42)25-7-8-26-24-17-29(44)28-16-22(10-13-41(28,5)27(24)11-14-40(25,26)4)51-39-36(49)35(48)34(47)31(18-43)53-39/h17,19-23,25-28,30-39,42-43,45-49H,6-16,18H2,1-5H3. The molecule has 21 unspecified atom stereocenters. The van der Waals surface area contributed by atoms with Gasteiger partial charge in [-0.25, -0.2) is 0 Å². The number of carbonyl (C=O) groups is 1. The van der Waals surface area contributed by atoms with Gasteiger partial charge in [0.25, 0.3) is 0 Å². The van der Waals surface area contributed by atoms with E-state index >= 15 is 0 Å². The van der Waals surface area contributed by atoms with Gasteiger partial charge >= 0.3 is 0 Å². The molecule has 0 aromatic carbocycles. The molecule has 0 radical (unpaired) electrons. The fourth-order valence-corrected chi connectivity index (χ4v) is 12.3. The molecule has 3 heterocycles. The largest absolute Gasteiger partial charge is 0.396 e. The summed E-state index contributed by atoms with van der Waals surface area (Å²) in [6.07, 6.45) is -0.881. The molecule has 13 nitrogen and oxygen atoms in total. The monoisotopic (exact) mass is 766 g/mol. The Kier molecular flexibility index (Phi) is 12.1. The number of ether oxygens (including phenoxy) is 5. The molecular formula is C41H66O13. The van der Waals surface area contributed by atoms with Crippen LogP contribution < -0.4 is 0 Å². The van der Waals surface area contributed by atoms with Crippen LogP contribution in [0.5, 0.6) is 0 Å². The maximum absolute atomic E-state index is 14.1. The average Bonchev–Trinajstić information content (AvgIpc) is 3.50. The molecule has 3 saturated heterocycles. The molecule has 54 heavy (non-hydrogen) atoms. The minimum absolute atomic E-state index is 0.0517. The molecule has 0 spiro atoms. The summed E-state index contributed by atoms with van der Waals surface area (Å²) in [5, 5.41) is 72.4. The molecule has 0 aromatic rings. The lowest BCUT2D eigenvalue weighted by Crippen LogP contribution is -2.60. The Labute approximate surface area is 319 Å². The van der Waals surface area contributed by atoms with Gasteiger partial charge in [0.05, 0.1) is 31.0 Å². The Morgan fingerprint density at radius 1 is 0.741 bits per heavy atom. The van der Waals surface area contributed by atoms with Crippen LogP contribution in [0.1, 0.15) is 98.8 Å². The summed E-state index contributed by atoms with van der Waals surface area (Å²) in [5.41, 5.74) is 0.963. The predicted molar refractivity (Wildman–Crippen MR) is 193 cm³/mol. The SMILES string of the molecule is CC1CCC(C(CCO)C2CCC3C4=CC(=O)C5CC(OC6OC(CO)C(O)C(O)C6O)CCC5(C)C4CCC32C)OC1OC1OC(C)C(O)C(C)C1O. The third kappa shape index (κ3) is 7.08. The summed E-state index contributed by atoms with van der Waals surface area (Å²) in [5.74, 6) is 0.419. The van der Waals surface area contributed by atoms with Crippen LogP contribution in [0, 0.1) is 52.3 Å². The molecule has 13 heteroatoms. The maximum atomic E-state index is 14.1. The zero-order chi connectivity index (χ0) is 38.9. The molecular weight excluding hydrogens is 700 g/mol. The van der Waals surface area contributed by atoms with Crippen LogP contribution in [0.25, 0.3) is 0 Å². The lowest BCUT2D eigenvalue weighted by atomic mass is 9.47. The normalized spacial score (nSPS) is 52.9. The van der Waals surface area contributed by atoms with Gasteiger partial charge in [-0.1, -0.05) is 33.3 Å². The van der Waals surface area contributed by atoms with E-state index in [0.29, 0.717) is 19.3 Å². The summed E-state index contributed by atoms with van der Waals surface area (Å²) in [6.45, 7) is 9.83. The molecule has 308 valence electrons. The third-order valence-corrected chi connectivity index (χ3v) is 15.7. The molecule has 7 aliphatic rings. The van der Waals surface area contributed by atoms with Crippen molar-refractivity contribution in [1.82, 2.24) is 0 Å². The smallest absolute Gasteiger partial charge is 0.187 e. The molecule has 0 amide bonds. The van der Waals surface area contributed by atoms with Crippen LogP contribution in [0.4, 0.5) is 0 Å². The topological polar surface area (TPSA) is 205 Å². The van der Waals surface area contributed by atoms with Crippen molar-refractivity contribution in [3.05, 3.63) is 11.6 Å². The highest BCUT2D eigenvalue weighted by Gasteiger charge is 2.61.